The number of hydrogen-bond acceptors (Lipinski definition) is 3. The lowest BCUT2D eigenvalue weighted by Crippen LogP contribution is -3.17. The molecule has 3 fully saturated rings. The number of likely N-dealkylation sites (tertiary alicyclic amines) is 2. The van der Waals surface area contributed by atoms with E-state index in [0.717, 1.165) is 56.8 Å². The number of quaternary nitrogens is 1. The maximum atomic E-state index is 13.0. The molecule has 0 unspecified atom stereocenters. The number of rotatable bonds is 3. The van der Waals surface area contributed by atoms with Gasteiger partial charge >= 0.3 is 0 Å². The van der Waals surface area contributed by atoms with Gasteiger partial charge in [-0.2, -0.15) is 0 Å². The second kappa shape index (κ2) is 8.44. The van der Waals surface area contributed by atoms with E-state index in [1.165, 1.54) is 4.90 Å². The summed E-state index contributed by atoms with van der Waals surface area (Å²) in [6.45, 7) is 5.51. The summed E-state index contributed by atoms with van der Waals surface area (Å²) in [5.41, 5.74) is 0.541. The highest BCUT2D eigenvalue weighted by molar-refractivity contribution is 6.31. The Morgan fingerprint density at radius 1 is 1.10 bits per heavy atom. The van der Waals surface area contributed by atoms with Crippen LogP contribution in [0, 0.1) is 11.8 Å². The molecule has 156 valence electrons. The summed E-state index contributed by atoms with van der Waals surface area (Å²) >= 11 is 6.03. The fraction of sp³-hybridized carbons (Fsp3) is 0.591. The molecule has 0 aromatic heterocycles. The quantitative estimate of drug-likeness (QED) is 0.757. The number of anilines is 1. The van der Waals surface area contributed by atoms with Crippen molar-refractivity contribution >= 4 is 35.0 Å². The minimum atomic E-state index is -0.353. The van der Waals surface area contributed by atoms with Crippen LogP contribution in [0.15, 0.2) is 24.3 Å². The fourth-order valence-electron chi connectivity index (χ4n) is 4.91. The molecule has 29 heavy (non-hydrogen) atoms. The molecular formula is C22H29ClN3O3+. The van der Waals surface area contributed by atoms with Crippen molar-refractivity contribution in [1.82, 2.24) is 4.90 Å². The van der Waals surface area contributed by atoms with Crippen molar-refractivity contribution in [3.63, 3.8) is 0 Å². The second-order valence-electron chi connectivity index (χ2n) is 8.74. The van der Waals surface area contributed by atoms with Crippen molar-refractivity contribution in [1.29, 1.82) is 0 Å². The summed E-state index contributed by atoms with van der Waals surface area (Å²) < 4.78 is 0. The highest BCUT2D eigenvalue weighted by Crippen LogP contribution is 2.26. The fourth-order valence-corrected chi connectivity index (χ4v) is 5.09. The van der Waals surface area contributed by atoms with Crippen LogP contribution in [0.1, 0.15) is 39.0 Å². The summed E-state index contributed by atoms with van der Waals surface area (Å²) in [6, 6.07) is 6.51. The number of amides is 3. The van der Waals surface area contributed by atoms with E-state index < -0.39 is 0 Å². The lowest BCUT2D eigenvalue weighted by Gasteiger charge is -2.36. The van der Waals surface area contributed by atoms with Crippen molar-refractivity contribution in [2.45, 2.75) is 45.1 Å². The van der Waals surface area contributed by atoms with Crippen LogP contribution in [-0.2, 0) is 14.4 Å². The van der Waals surface area contributed by atoms with Crippen molar-refractivity contribution in [2.75, 3.05) is 31.1 Å². The van der Waals surface area contributed by atoms with Gasteiger partial charge in [-0.1, -0.05) is 24.6 Å². The molecule has 0 saturated carbocycles. The molecule has 3 heterocycles. The first-order valence-electron chi connectivity index (χ1n) is 10.7. The molecule has 3 aliphatic heterocycles. The molecule has 4 rings (SSSR count). The maximum absolute atomic E-state index is 13.0. The second-order valence-corrected chi connectivity index (χ2v) is 9.18. The van der Waals surface area contributed by atoms with Gasteiger partial charge in [-0.25, -0.2) is 4.90 Å². The van der Waals surface area contributed by atoms with E-state index in [2.05, 4.69) is 6.92 Å². The summed E-state index contributed by atoms with van der Waals surface area (Å²) in [7, 11) is 0. The van der Waals surface area contributed by atoms with Crippen LogP contribution in [0.2, 0.25) is 5.02 Å². The van der Waals surface area contributed by atoms with E-state index in [1.807, 2.05) is 4.90 Å². The lowest BCUT2D eigenvalue weighted by atomic mass is 9.92. The molecule has 7 heteroatoms. The molecule has 3 aliphatic rings. The Hall–Kier alpha value is -1.92. The highest BCUT2D eigenvalue weighted by Gasteiger charge is 2.47. The number of halogens is 1. The third-order valence-electron chi connectivity index (χ3n) is 6.78. The van der Waals surface area contributed by atoms with Gasteiger partial charge < -0.3 is 9.80 Å². The molecular weight excluding hydrogens is 390 g/mol. The predicted molar refractivity (Wildman–Crippen MR) is 111 cm³/mol. The number of nitrogens with one attached hydrogen (secondary N) is 1. The number of benzene rings is 1. The van der Waals surface area contributed by atoms with E-state index in [1.54, 1.807) is 24.3 Å². The smallest absolute Gasteiger partial charge is 0.292 e. The van der Waals surface area contributed by atoms with Gasteiger partial charge in [0.25, 0.3) is 5.91 Å². The van der Waals surface area contributed by atoms with Crippen LogP contribution >= 0.6 is 11.6 Å². The zero-order valence-electron chi connectivity index (χ0n) is 16.9. The SMILES string of the molecule is CC1CCN(C(=O)C2CC[NH+]([C@H]3CC(=O)N(c4cccc(Cl)c4)C3=O)CC2)CC1. The first-order chi connectivity index (χ1) is 13.9. The Labute approximate surface area is 176 Å². The molecule has 1 atom stereocenters. The third kappa shape index (κ3) is 4.19. The Morgan fingerprint density at radius 2 is 1.79 bits per heavy atom. The molecule has 3 saturated heterocycles. The van der Waals surface area contributed by atoms with Crippen LogP contribution in [-0.4, -0.2) is 54.8 Å². The number of hydrogen-bond donors (Lipinski definition) is 1. The standard InChI is InChI=1S/C22H28ClN3O3/c1-15-5-9-25(10-6-15)21(28)16-7-11-24(12-8-16)19-14-20(27)26(22(19)29)18-4-2-3-17(23)13-18/h2-4,13,15-16,19H,5-12,14H2,1H3/p+1/t19-/m0/s1. The van der Waals surface area contributed by atoms with Crippen LogP contribution in [0.25, 0.3) is 0 Å². The van der Waals surface area contributed by atoms with Gasteiger partial charge in [0.15, 0.2) is 6.04 Å². The van der Waals surface area contributed by atoms with Gasteiger partial charge in [0.05, 0.1) is 25.2 Å². The number of nitrogens with zero attached hydrogens (tertiary/aromatic N) is 2. The zero-order chi connectivity index (χ0) is 20.5. The first-order valence-corrected chi connectivity index (χ1v) is 11.1. The summed E-state index contributed by atoms with van der Waals surface area (Å²) in [4.78, 5) is 42.8. The Bertz CT molecular complexity index is 798. The molecule has 0 radical (unpaired) electrons. The number of carbonyl (C=O) groups is 3. The molecule has 1 aromatic carbocycles. The average Bonchev–Trinajstić information content (AvgIpc) is 3.02. The number of carbonyl (C=O) groups excluding carboxylic acids is 3. The number of piperidine rings is 2. The monoisotopic (exact) mass is 418 g/mol. The van der Waals surface area contributed by atoms with Crippen LogP contribution < -0.4 is 9.80 Å². The van der Waals surface area contributed by atoms with Gasteiger partial charge in [0.2, 0.25) is 11.8 Å². The van der Waals surface area contributed by atoms with Crippen molar-refractivity contribution < 1.29 is 19.3 Å². The largest absolute Gasteiger partial charge is 0.342 e. The number of imide groups is 1. The Morgan fingerprint density at radius 3 is 2.45 bits per heavy atom. The average molecular weight is 419 g/mol. The van der Waals surface area contributed by atoms with Gasteiger partial charge in [-0.15, -0.1) is 0 Å². The minimum absolute atomic E-state index is 0.0587. The lowest BCUT2D eigenvalue weighted by molar-refractivity contribution is -0.920. The third-order valence-corrected chi connectivity index (χ3v) is 7.01. The Kier molecular flexibility index (Phi) is 5.93. The van der Waals surface area contributed by atoms with Gasteiger partial charge in [0.1, 0.15) is 0 Å². The van der Waals surface area contributed by atoms with E-state index in [9.17, 15) is 14.4 Å². The zero-order valence-corrected chi connectivity index (χ0v) is 17.7. The predicted octanol–water partition coefficient (Wildman–Crippen LogP) is 1.53. The van der Waals surface area contributed by atoms with E-state index in [4.69, 9.17) is 11.6 Å². The topological polar surface area (TPSA) is 62.1 Å². The summed E-state index contributed by atoms with van der Waals surface area (Å²) in [5, 5.41) is 0.505. The van der Waals surface area contributed by atoms with Gasteiger partial charge in [-0.3, -0.25) is 14.4 Å². The van der Waals surface area contributed by atoms with E-state index in [-0.39, 0.29) is 36.1 Å². The van der Waals surface area contributed by atoms with Crippen molar-refractivity contribution in [3.05, 3.63) is 29.3 Å². The summed E-state index contributed by atoms with van der Waals surface area (Å²) in [5.74, 6) is 0.727. The van der Waals surface area contributed by atoms with Crippen LogP contribution in [0.4, 0.5) is 5.69 Å². The van der Waals surface area contributed by atoms with Crippen LogP contribution in [0.3, 0.4) is 0 Å². The van der Waals surface area contributed by atoms with Gasteiger partial charge in [-0.05, 0) is 37.0 Å². The van der Waals surface area contributed by atoms with Crippen LogP contribution in [0.5, 0.6) is 0 Å². The molecule has 0 bridgehead atoms. The van der Waals surface area contributed by atoms with Crippen molar-refractivity contribution in [2.24, 2.45) is 11.8 Å². The Balaban J connectivity index is 1.36. The molecule has 3 amide bonds. The molecule has 6 nitrogen and oxygen atoms in total. The molecule has 0 spiro atoms. The van der Waals surface area contributed by atoms with E-state index >= 15 is 0 Å². The molecule has 1 N–H and O–H groups in total. The first kappa shape index (κ1) is 20.4. The minimum Gasteiger partial charge on any atom is -0.342 e. The maximum Gasteiger partial charge on any atom is 0.292 e. The molecule has 1 aromatic rings. The van der Waals surface area contributed by atoms with E-state index in [0.29, 0.717) is 16.6 Å². The van der Waals surface area contributed by atoms with Crippen molar-refractivity contribution in [3.8, 4) is 0 Å². The molecule has 0 aliphatic carbocycles. The van der Waals surface area contributed by atoms with Gasteiger partial charge in [0, 0.05) is 36.9 Å². The normalized spacial score (nSPS) is 28.8. The summed E-state index contributed by atoms with van der Waals surface area (Å²) in [6.07, 6.45) is 3.98. The highest BCUT2D eigenvalue weighted by atomic mass is 35.5.